The molecule has 2 atom stereocenters. The maximum Gasteiger partial charge on any atom is 0.258 e. The molecule has 1 aliphatic heterocycles. The van der Waals surface area contributed by atoms with Crippen LogP contribution in [0.1, 0.15) is 18.5 Å². The molecule has 0 radical (unpaired) electrons. The summed E-state index contributed by atoms with van der Waals surface area (Å²) in [6, 6.07) is 27.5. The largest absolute Gasteiger partial charge is 0.288 e. The van der Waals surface area contributed by atoms with Gasteiger partial charge in [0.05, 0.1) is 23.1 Å². The van der Waals surface area contributed by atoms with E-state index in [2.05, 4.69) is 5.10 Å². The molecule has 0 saturated heterocycles. The van der Waals surface area contributed by atoms with Crippen LogP contribution in [0.3, 0.4) is 0 Å². The summed E-state index contributed by atoms with van der Waals surface area (Å²) in [7, 11) is 0. The molecule has 3 aromatic rings. The van der Waals surface area contributed by atoms with Gasteiger partial charge >= 0.3 is 0 Å². The molecule has 28 heavy (non-hydrogen) atoms. The maximum absolute atomic E-state index is 13.3. The third kappa shape index (κ3) is 3.28. The van der Waals surface area contributed by atoms with Gasteiger partial charge in [-0.15, -0.1) is 0 Å². The van der Waals surface area contributed by atoms with Crippen LogP contribution < -0.4 is 10.1 Å². The Morgan fingerprint density at radius 2 is 1.43 bits per heavy atom. The Morgan fingerprint density at radius 1 is 0.893 bits per heavy atom. The highest BCUT2D eigenvalue weighted by Gasteiger charge is 2.43. The van der Waals surface area contributed by atoms with Crippen LogP contribution in [0.25, 0.3) is 0 Å². The molecule has 3 aromatic carbocycles. The number of hydroxylamine groups is 1. The summed E-state index contributed by atoms with van der Waals surface area (Å²) in [5.41, 5.74) is 2.84. The monoisotopic (exact) mass is 371 g/mol. The number of rotatable bonds is 5. The van der Waals surface area contributed by atoms with E-state index in [1.54, 1.807) is 0 Å². The molecular weight excluding hydrogens is 350 g/mol. The van der Waals surface area contributed by atoms with Gasteiger partial charge in [0.2, 0.25) is 0 Å². The third-order valence-corrected chi connectivity index (χ3v) is 4.92. The number of hydrazone groups is 1. The lowest BCUT2D eigenvalue weighted by atomic mass is 9.88. The summed E-state index contributed by atoms with van der Waals surface area (Å²) in [6.07, 6.45) is 0. The van der Waals surface area contributed by atoms with Crippen molar-refractivity contribution in [3.63, 3.8) is 0 Å². The molecule has 0 saturated carbocycles. The fourth-order valence-corrected chi connectivity index (χ4v) is 3.56. The molecular formula is C23H21N3O2. The lowest BCUT2D eigenvalue weighted by Crippen LogP contribution is -2.39. The Bertz CT molecular complexity index is 975. The smallest absolute Gasteiger partial charge is 0.258 e. The van der Waals surface area contributed by atoms with Crippen LogP contribution in [0.2, 0.25) is 0 Å². The van der Waals surface area contributed by atoms with E-state index in [0.717, 1.165) is 5.56 Å². The average molecular weight is 371 g/mol. The van der Waals surface area contributed by atoms with E-state index in [1.807, 2.05) is 97.9 Å². The second kappa shape index (κ2) is 7.66. The Balaban J connectivity index is 1.75. The van der Waals surface area contributed by atoms with Crippen molar-refractivity contribution in [1.29, 1.82) is 0 Å². The Labute approximate surface area is 164 Å². The van der Waals surface area contributed by atoms with Crippen LogP contribution >= 0.6 is 0 Å². The Kier molecular flexibility index (Phi) is 4.91. The topological polar surface area (TPSA) is 56.1 Å². The number of carbonyl (C=O) groups excluding carboxylic acids is 1. The molecule has 1 aliphatic rings. The molecule has 0 fully saturated rings. The number of carbonyl (C=O) groups is 1. The van der Waals surface area contributed by atoms with Gasteiger partial charge in [-0.25, -0.2) is 10.1 Å². The lowest BCUT2D eigenvalue weighted by molar-refractivity contribution is -0.120. The van der Waals surface area contributed by atoms with Gasteiger partial charge in [0.25, 0.3) is 5.91 Å². The van der Waals surface area contributed by atoms with Crippen LogP contribution in [-0.2, 0) is 4.79 Å². The second-order valence-corrected chi connectivity index (χ2v) is 6.74. The molecule has 0 bridgehead atoms. The quantitative estimate of drug-likeness (QED) is 0.664. The normalized spacial score (nSPS) is 17.4. The van der Waals surface area contributed by atoms with Crippen molar-refractivity contribution >= 4 is 23.0 Å². The molecule has 0 unspecified atom stereocenters. The molecule has 5 nitrogen and oxygen atoms in total. The van der Waals surface area contributed by atoms with Crippen molar-refractivity contribution in [3.05, 3.63) is 96.6 Å². The fraction of sp³-hybridized carbons (Fsp3) is 0.130. The highest BCUT2D eigenvalue weighted by Crippen LogP contribution is 2.37. The number of para-hydroxylation sites is 2. The second-order valence-electron chi connectivity index (χ2n) is 6.74. The molecule has 1 heterocycles. The van der Waals surface area contributed by atoms with Crippen LogP contribution in [0.4, 0.5) is 11.4 Å². The van der Waals surface area contributed by atoms with Gasteiger partial charge in [0, 0.05) is 0 Å². The molecule has 140 valence electrons. The number of hydrogen-bond acceptors (Lipinski definition) is 4. The first kappa shape index (κ1) is 17.9. The zero-order valence-electron chi connectivity index (χ0n) is 15.5. The van der Waals surface area contributed by atoms with Crippen molar-refractivity contribution < 1.29 is 10.0 Å². The Hall–Kier alpha value is -3.44. The summed E-state index contributed by atoms with van der Waals surface area (Å²) >= 11 is 0. The molecule has 0 spiro atoms. The minimum Gasteiger partial charge on any atom is -0.288 e. The summed E-state index contributed by atoms with van der Waals surface area (Å²) in [4.78, 5) is 13.3. The van der Waals surface area contributed by atoms with Gasteiger partial charge in [-0.3, -0.25) is 10.0 Å². The first-order chi connectivity index (χ1) is 13.7. The van der Waals surface area contributed by atoms with Crippen molar-refractivity contribution in [2.75, 3.05) is 10.1 Å². The maximum atomic E-state index is 13.3. The molecule has 1 amide bonds. The van der Waals surface area contributed by atoms with E-state index in [9.17, 15) is 10.0 Å². The molecule has 0 aliphatic carbocycles. The number of nitrogens with zero attached hydrogens (tertiary/aromatic N) is 3. The number of amides is 1. The van der Waals surface area contributed by atoms with Crippen LogP contribution in [0, 0.1) is 5.92 Å². The first-order valence-corrected chi connectivity index (χ1v) is 9.19. The summed E-state index contributed by atoms with van der Waals surface area (Å²) in [5, 5.41) is 18.2. The van der Waals surface area contributed by atoms with E-state index in [-0.39, 0.29) is 5.91 Å². The van der Waals surface area contributed by atoms with Gasteiger partial charge in [0.1, 0.15) is 5.92 Å². The molecule has 1 N–H and O–H groups in total. The predicted molar refractivity (Wildman–Crippen MR) is 110 cm³/mol. The standard InChI is InChI=1S/C23H21N3O2/c1-17-21(23(27)25(24-17)19-13-7-3-8-14-19)22(18-11-5-2-6-12-18)26(28)20-15-9-4-10-16-20/h2-16,21-22,28H,1H3/t21-,22-/m0/s1. The lowest BCUT2D eigenvalue weighted by Gasteiger charge is -2.32. The number of hydrogen-bond donors (Lipinski definition) is 1. The van der Waals surface area contributed by atoms with Gasteiger partial charge in [-0.05, 0) is 36.8 Å². The van der Waals surface area contributed by atoms with E-state index in [1.165, 1.54) is 10.1 Å². The van der Waals surface area contributed by atoms with Crippen molar-refractivity contribution in [2.24, 2.45) is 11.0 Å². The molecule has 4 rings (SSSR count). The van der Waals surface area contributed by atoms with Crippen molar-refractivity contribution in [3.8, 4) is 0 Å². The van der Waals surface area contributed by atoms with Gasteiger partial charge < -0.3 is 0 Å². The summed E-state index contributed by atoms with van der Waals surface area (Å²) < 4.78 is 0. The van der Waals surface area contributed by atoms with Gasteiger partial charge in [-0.2, -0.15) is 5.10 Å². The fourth-order valence-electron chi connectivity index (χ4n) is 3.56. The van der Waals surface area contributed by atoms with Crippen molar-refractivity contribution in [1.82, 2.24) is 0 Å². The SMILES string of the molecule is CC1=NN(c2ccccc2)C(=O)[C@@H]1[C@H](c1ccccc1)N(O)c1ccccc1. The minimum absolute atomic E-state index is 0.160. The van der Waals surface area contributed by atoms with E-state index in [0.29, 0.717) is 17.1 Å². The summed E-state index contributed by atoms with van der Waals surface area (Å²) in [5.74, 6) is -0.764. The van der Waals surface area contributed by atoms with Crippen LogP contribution in [0.5, 0.6) is 0 Å². The summed E-state index contributed by atoms with van der Waals surface area (Å²) in [6.45, 7) is 1.83. The average Bonchev–Trinajstić information content (AvgIpc) is 3.05. The predicted octanol–water partition coefficient (Wildman–Crippen LogP) is 4.66. The zero-order valence-corrected chi connectivity index (χ0v) is 15.5. The van der Waals surface area contributed by atoms with Crippen LogP contribution in [0.15, 0.2) is 96.1 Å². The molecule has 5 heteroatoms. The number of anilines is 2. The van der Waals surface area contributed by atoms with Gasteiger partial charge in [0.15, 0.2) is 0 Å². The molecule has 0 aromatic heterocycles. The first-order valence-electron chi connectivity index (χ1n) is 9.19. The van der Waals surface area contributed by atoms with E-state index < -0.39 is 12.0 Å². The van der Waals surface area contributed by atoms with Crippen molar-refractivity contribution in [2.45, 2.75) is 13.0 Å². The highest BCUT2D eigenvalue weighted by molar-refractivity contribution is 6.15. The van der Waals surface area contributed by atoms with E-state index >= 15 is 0 Å². The minimum atomic E-state index is -0.604. The Morgan fingerprint density at radius 3 is 2.04 bits per heavy atom. The van der Waals surface area contributed by atoms with E-state index in [4.69, 9.17) is 0 Å². The van der Waals surface area contributed by atoms with Crippen LogP contribution in [-0.4, -0.2) is 16.8 Å². The highest BCUT2D eigenvalue weighted by atomic mass is 16.5. The third-order valence-electron chi connectivity index (χ3n) is 4.92. The number of benzene rings is 3. The van der Waals surface area contributed by atoms with Gasteiger partial charge in [-0.1, -0.05) is 66.7 Å². The zero-order chi connectivity index (χ0) is 19.5.